The van der Waals surface area contributed by atoms with Crippen molar-refractivity contribution in [3.8, 4) is 0 Å². The predicted molar refractivity (Wildman–Crippen MR) is 85.9 cm³/mol. The number of carbonyl (C=O) groups excluding carboxylic acids is 1. The molecule has 0 aliphatic carbocycles. The van der Waals surface area contributed by atoms with Crippen molar-refractivity contribution in [2.24, 2.45) is 5.10 Å². The monoisotopic (exact) mass is 346 g/mol. The lowest BCUT2D eigenvalue weighted by Crippen LogP contribution is -2.40. The number of hydrogen-bond acceptors (Lipinski definition) is 3. The molecule has 0 spiro atoms. The standard InChI is InChI=1S/C16H15BrN2O2/c1-16(21,13-5-3-2-4-6-13)15(20)19-18-11-12-7-9-14(17)10-8-12/h2-11,21H,1H3,(H,19,20)/b18-11+. The Balaban J connectivity index is 2.03. The summed E-state index contributed by atoms with van der Waals surface area (Å²) in [7, 11) is 0. The number of nitrogens with zero attached hydrogens (tertiary/aromatic N) is 1. The molecule has 108 valence electrons. The molecule has 5 heteroatoms. The minimum Gasteiger partial charge on any atom is -0.375 e. The van der Waals surface area contributed by atoms with E-state index in [1.807, 2.05) is 30.3 Å². The summed E-state index contributed by atoms with van der Waals surface area (Å²) in [6.45, 7) is 1.44. The second-order valence-electron chi connectivity index (χ2n) is 4.69. The molecular weight excluding hydrogens is 332 g/mol. The van der Waals surface area contributed by atoms with Gasteiger partial charge in [0.25, 0.3) is 5.91 Å². The minimum atomic E-state index is -1.63. The van der Waals surface area contributed by atoms with Crippen LogP contribution in [0.2, 0.25) is 0 Å². The highest BCUT2D eigenvalue weighted by Gasteiger charge is 2.31. The van der Waals surface area contributed by atoms with E-state index in [-0.39, 0.29) is 0 Å². The van der Waals surface area contributed by atoms with Crippen molar-refractivity contribution in [1.29, 1.82) is 0 Å². The van der Waals surface area contributed by atoms with Crippen LogP contribution < -0.4 is 5.43 Å². The van der Waals surface area contributed by atoms with Crippen LogP contribution in [-0.4, -0.2) is 17.2 Å². The summed E-state index contributed by atoms with van der Waals surface area (Å²) in [6, 6.07) is 16.2. The lowest BCUT2D eigenvalue weighted by molar-refractivity contribution is -0.138. The molecule has 1 atom stereocenters. The van der Waals surface area contributed by atoms with Crippen LogP contribution in [0.25, 0.3) is 0 Å². The van der Waals surface area contributed by atoms with Crippen LogP contribution in [0.1, 0.15) is 18.1 Å². The fourth-order valence-electron chi connectivity index (χ4n) is 1.72. The second kappa shape index (κ2) is 6.65. The average Bonchev–Trinajstić information content (AvgIpc) is 2.50. The summed E-state index contributed by atoms with van der Waals surface area (Å²) in [5.74, 6) is -0.581. The number of aliphatic hydroxyl groups is 1. The van der Waals surface area contributed by atoms with Crippen LogP contribution in [0.5, 0.6) is 0 Å². The molecule has 2 N–H and O–H groups in total. The van der Waals surface area contributed by atoms with Gasteiger partial charge in [-0.15, -0.1) is 0 Å². The maximum atomic E-state index is 12.0. The van der Waals surface area contributed by atoms with E-state index in [0.717, 1.165) is 10.0 Å². The van der Waals surface area contributed by atoms with E-state index < -0.39 is 11.5 Å². The summed E-state index contributed by atoms with van der Waals surface area (Å²) in [5.41, 5.74) is 2.09. The van der Waals surface area contributed by atoms with Gasteiger partial charge in [-0.1, -0.05) is 58.4 Å². The topological polar surface area (TPSA) is 61.7 Å². The zero-order chi connectivity index (χ0) is 15.3. The Hall–Kier alpha value is -1.98. The van der Waals surface area contributed by atoms with Crippen molar-refractivity contribution >= 4 is 28.1 Å². The third-order valence-corrected chi connectivity index (χ3v) is 3.56. The number of rotatable bonds is 4. The Morgan fingerprint density at radius 1 is 1.19 bits per heavy atom. The zero-order valence-corrected chi connectivity index (χ0v) is 13.0. The Bertz CT molecular complexity index is 637. The van der Waals surface area contributed by atoms with Crippen molar-refractivity contribution in [1.82, 2.24) is 5.43 Å². The molecule has 2 aromatic rings. The van der Waals surface area contributed by atoms with Crippen LogP contribution in [0, 0.1) is 0 Å². The zero-order valence-electron chi connectivity index (χ0n) is 11.5. The van der Waals surface area contributed by atoms with Crippen LogP contribution in [-0.2, 0) is 10.4 Å². The molecule has 0 aliphatic heterocycles. The van der Waals surface area contributed by atoms with Crippen molar-refractivity contribution in [3.05, 3.63) is 70.2 Å². The first-order chi connectivity index (χ1) is 10.00. The molecule has 2 aromatic carbocycles. The van der Waals surface area contributed by atoms with E-state index in [1.165, 1.54) is 13.1 Å². The van der Waals surface area contributed by atoms with Gasteiger partial charge in [0.2, 0.25) is 0 Å². The van der Waals surface area contributed by atoms with Crippen LogP contribution in [0.3, 0.4) is 0 Å². The molecule has 0 saturated heterocycles. The molecule has 2 rings (SSSR count). The van der Waals surface area contributed by atoms with Gasteiger partial charge in [-0.3, -0.25) is 4.79 Å². The van der Waals surface area contributed by atoms with Crippen LogP contribution in [0.15, 0.2) is 64.2 Å². The fraction of sp³-hybridized carbons (Fsp3) is 0.125. The third kappa shape index (κ3) is 4.00. The highest BCUT2D eigenvalue weighted by molar-refractivity contribution is 9.10. The normalized spacial score (nSPS) is 13.9. The second-order valence-corrected chi connectivity index (χ2v) is 5.60. The summed E-state index contributed by atoms with van der Waals surface area (Å²) in [5, 5.41) is 14.2. The van der Waals surface area contributed by atoms with Gasteiger partial charge in [0.15, 0.2) is 5.60 Å². The Kier molecular flexibility index (Phi) is 4.88. The third-order valence-electron chi connectivity index (χ3n) is 3.03. The number of benzene rings is 2. The van der Waals surface area contributed by atoms with Gasteiger partial charge in [0, 0.05) is 4.47 Å². The van der Waals surface area contributed by atoms with Gasteiger partial charge in [0.05, 0.1) is 6.21 Å². The molecule has 0 saturated carbocycles. The SMILES string of the molecule is CC(O)(C(=O)N/N=C/c1ccc(Br)cc1)c1ccccc1. The fourth-order valence-corrected chi connectivity index (χ4v) is 1.98. The van der Waals surface area contributed by atoms with E-state index in [9.17, 15) is 9.90 Å². The molecule has 0 aliphatic rings. The Labute approximate surface area is 131 Å². The molecule has 0 aromatic heterocycles. The number of carbonyl (C=O) groups is 1. The Morgan fingerprint density at radius 2 is 1.81 bits per heavy atom. The van der Waals surface area contributed by atoms with Crippen LogP contribution >= 0.6 is 15.9 Å². The molecule has 1 unspecified atom stereocenters. The minimum absolute atomic E-state index is 0.515. The number of amides is 1. The lowest BCUT2D eigenvalue weighted by atomic mass is 9.95. The average molecular weight is 347 g/mol. The van der Waals surface area contributed by atoms with E-state index in [4.69, 9.17) is 0 Å². The van der Waals surface area contributed by atoms with E-state index in [1.54, 1.807) is 24.3 Å². The first-order valence-electron chi connectivity index (χ1n) is 6.37. The maximum Gasteiger partial charge on any atom is 0.276 e. The highest BCUT2D eigenvalue weighted by atomic mass is 79.9. The van der Waals surface area contributed by atoms with Crippen molar-refractivity contribution < 1.29 is 9.90 Å². The van der Waals surface area contributed by atoms with Crippen molar-refractivity contribution in [2.75, 3.05) is 0 Å². The molecular formula is C16H15BrN2O2. The number of hydrazone groups is 1. The van der Waals surface area contributed by atoms with E-state index in [0.29, 0.717) is 5.56 Å². The molecule has 1 amide bonds. The summed E-state index contributed by atoms with van der Waals surface area (Å²) in [4.78, 5) is 12.0. The van der Waals surface area contributed by atoms with Gasteiger partial charge in [-0.25, -0.2) is 5.43 Å². The molecule has 0 heterocycles. The summed E-state index contributed by atoms with van der Waals surface area (Å²) < 4.78 is 0.968. The van der Waals surface area contributed by atoms with Gasteiger partial charge in [-0.05, 0) is 30.2 Å². The Morgan fingerprint density at radius 3 is 2.43 bits per heavy atom. The first-order valence-corrected chi connectivity index (χ1v) is 7.16. The maximum absolute atomic E-state index is 12.0. The summed E-state index contributed by atoms with van der Waals surface area (Å²) in [6.07, 6.45) is 1.52. The largest absolute Gasteiger partial charge is 0.375 e. The van der Waals surface area contributed by atoms with Gasteiger partial charge in [-0.2, -0.15) is 5.10 Å². The highest BCUT2D eigenvalue weighted by Crippen LogP contribution is 2.20. The predicted octanol–water partition coefficient (Wildman–Crippen LogP) is 2.81. The summed E-state index contributed by atoms with van der Waals surface area (Å²) >= 11 is 3.34. The first kappa shape index (κ1) is 15.4. The van der Waals surface area contributed by atoms with Crippen LogP contribution in [0.4, 0.5) is 0 Å². The molecule has 0 bridgehead atoms. The quantitative estimate of drug-likeness (QED) is 0.660. The van der Waals surface area contributed by atoms with Gasteiger partial charge in [0.1, 0.15) is 0 Å². The lowest BCUT2D eigenvalue weighted by Gasteiger charge is -2.21. The molecule has 0 fully saturated rings. The molecule has 4 nitrogen and oxygen atoms in total. The molecule has 21 heavy (non-hydrogen) atoms. The van der Waals surface area contributed by atoms with Crippen molar-refractivity contribution in [3.63, 3.8) is 0 Å². The van der Waals surface area contributed by atoms with E-state index >= 15 is 0 Å². The van der Waals surface area contributed by atoms with E-state index in [2.05, 4.69) is 26.5 Å². The number of hydrogen-bond donors (Lipinski definition) is 2. The smallest absolute Gasteiger partial charge is 0.276 e. The van der Waals surface area contributed by atoms with Gasteiger partial charge < -0.3 is 5.11 Å². The number of nitrogens with one attached hydrogen (secondary N) is 1. The van der Waals surface area contributed by atoms with Gasteiger partial charge >= 0.3 is 0 Å². The molecule has 0 radical (unpaired) electrons. The van der Waals surface area contributed by atoms with Crippen molar-refractivity contribution in [2.45, 2.75) is 12.5 Å². The number of halogens is 1.